The third-order valence-electron chi connectivity index (χ3n) is 5.86. The Bertz CT molecular complexity index is 834. The van der Waals surface area contributed by atoms with Crippen LogP contribution in [-0.4, -0.2) is 33.2 Å². The van der Waals surface area contributed by atoms with Crippen molar-refractivity contribution < 1.29 is 18.7 Å². The lowest BCUT2D eigenvalue weighted by molar-refractivity contribution is 0.0288. The van der Waals surface area contributed by atoms with Gasteiger partial charge < -0.3 is 19.2 Å². The summed E-state index contributed by atoms with van der Waals surface area (Å²) in [6.45, 7) is 15.8. The Balaban J connectivity index is 2.05. The number of ether oxygens (including phenoxy) is 2. The van der Waals surface area contributed by atoms with Gasteiger partial charge in [-0.05, 0) is 29.3 Å². The first-order chi connectivity index (χ1) is 15.1. The van der Waals surface area contributed by atoms with Crippen LogP contribution in [0.5, 0.6) is 0 Å². The molecule has 2 rings (SSSR count). The molecule has 2 aromatic rings. The lowest BCUT2D eigenvalue weighted by Gasteiger charge is -2.38. The fourth-order valence-electron chi connectivity index (χ4n) is 2.76. The summed E-state index contributed by atoms with van der Waals surface area (Å²) < 4.78 is 17.9. The van der Waals surface area contributed by atoms with Gasteiger partial charge in [0.1, 0.15) is 6.61 Å². The number of hydrogen-bond donors (Lipinski definition) is 1. The Hall–Kier alpha value is -2.41. The van der Waals surface area contributed by atoms with Gasteiger partial charge >= 0.3 is 6.09 Å². The largest absolute Gasteiger partial charge is 0.445 e. The Kier molecular flexibility index (Phi) is 9.69. The molecule has 0 spiro atoms. The molecule has 0 aromatic heterocycles. The molecule has 0 aliphatic rings. The van der Waals surface area contributed by atoms with Crippen molar-refractivity contribution in [3.8, 4) is 0 Å². The van der Waals surface area contributed by atoms with Crippen molar-refractivity contribution in [2.24, 2.45) is 0 Å². The van der Waals surface area contributed by atoms with Crippen LogP contribution in [-0.2, 0) is 27.1 Å². The van der Waals surface area contributed by atoms with Crippen molar-refractivity contribution in [2.45, 2.75) is 64.3 Å². The van der Waals surface area contributed by atoms with Crippen molar-refractivity contribution >= 4 is 14.4 Å². The molecule has 0 unspecified atom stereocenters. The predicted octanol–water partition coefficient (Wildman–Crippen LogP) is 6.07. The third kappa shape index (κ3) is 8.26. The SMILES string of the molecule is C=C[C@H](OCc1ccccc1)[C@H](CO[Si](C)(C)C(C)(C)C)NC(=O)OCc1ccccc1. The van der Waals surface area contributed by atoms with Crippen molar-refractivity contribution in [2.75, 3.05) is 6.61 Å². The van der Waals surface area contributed by atoms with E-state index in [1.54, 1.807) is 6.08 Å². The van der Waals surface area contributed by atoms with Crippen LogP contribution < -0.4 is 5.32 Å². The molecule has 32 heavy (non-hydrogen) atoms. The second-order valence-corrected chi connectivity index (χ2v) is 14.2. The molecule has 174 valence electrons. The van der Waals surface area contributed by atoms with Gasteiger partial charge in [0, 0.05) is 0 Å². The zero-order valence-electron chi connectivity index (χ0n) is 20.0. The highest BCUT2D eigenvalue weighted by Gasteiger charge is 2.38. The maximum absolute atomic E-state index is 12.6. The van der Waals surface area contributed by atoms with E-state index in [0.29, 0.717) is 13.2 Å². The first-order valence-corrected chi connectivity index (χ1v) is 13.9. The average molecular weight is 456 g/mol. The summed E-state index contributed by atoms with van der Waals surface area (Å²) in [6.07, 6.45) is 0.775. The number of benzene rings is 2. The Morgan fingerprint density at radius 2 is 1.53 bits per heavy atom. The van der Waals surface area contributed by atoms with Crippen molar-refractivity contribution in [3.05, 3.63) is 84.4 Å². The zero-order valence-corrected chi connectivity index (χ0v) is 21.0. The summed E-state index contributed by atoms with van der Waals surface area (Å²) in [5.74, 6) is 0. The summed E-state index contributed by atoms with van der Waals surface area (Å²) in [7, 11) is -2.02. The van der Waals surface area contributed by atoms with Gasteiger partial charge in [0.2, 0.25) is 0 Å². The van der Waals surface area contributed by atoms with Gasteiger partial charge in [-0.15, -0.1) is 6.58 Å². The molecular formula is C26H37NO4Si. The molecule has 0 radical (unpaired) electrons. The Morgan fingerprint density at radius 3 is 2.03 bits per heavy atom. The molecule has 0 aliphatic carbocycles. The fourth-order valence-corrected chi connectivity index (χ4v) is 3.79. The van der Waals surface area contributed by atoms with Crippen LogP contribution in [0.2, 0.25) is 18.1 Å². The van der Waals surface area contributed by atoms with Crippen LogP contribution in [0.1, 0.15) is 31.9 Å². The number of nitrogens with one attached hydrogen (secondary N) is 1. The van der Waals surface area contributed by atoms with Crippen LogP contribution in [0.25, 0.3) is 0 Å². The van der Waals surface area contributed by atoms with E-state index in [4.69, 9.17) is 13.9 Å². The molecule has 0 heterocycles. The van der Waals surface area contributed by atoms with Crippen molar-refractivity contribution in [1.29, 1.82) is 0 Å². The standard InChI is InChI=1S/C26H37NO4Si/c1-7-24(29-18-21-14-10-8-11-15-21)23(20-31-32(5,6)26(2,3)4)27-25(28)30-19-22-16-12-9-13-17-22/h7-17,23-24H,1,18-20H2,2-6H3,(H,27,28)/t23-,24-/m0/s1. The molecule has 0 bridgehead atoms. The molecule has 1 amide bonds. The predicted molar refractivity (Wildman–Crippen MR) is 132 cm³/mol. The maximum atomic E-state index is 12.6. The summed E-state index contributed by atoms with van der Waals surface area (Å²) in [5.41, 5.74) is 1.98. The molecule has 6 heteroatoms. The molecular weight excluding hydrogens is 418 g/mol. The number of amides is 1. The second kappa shape index (κ2) is 12.0. The van der Waals surface area contributed by atoms with E-state index in [1.807, 2.05) is 60.7 Å². The summed E-state index contributed by atoms with van der Waals surface area (Å²) in [4.78, 5) is 12.6. The van der Waals surface area contributed by atoms with Crippen LogP contribution in [0.15, 0.2) is 73.3 Å². The molecule has 5 nitrogen and oxygen atoms in total. The monoisotopic (exact) mass is 455 g/mol. The highest BCUT2D eigenvalue weighted by molar-refractivity contribution is 6.74. The lowest BCUT2D eigenvalue weighted by Crippen LogP contribution is -2.51. The van der Waals surface area contributed by atoms with Crippen LogP contribution >= 0.6 is 0 Å². The molecule has 0 saturated carbocycles. The van der Waals surface area contributed by atoms with Crippen LogP contribution in [0.3, 0.4) is 0 Å². The zero-order chi connectivity index (χ0) is 23.6. The minimum absolute atomic E-state index is 0.0555. The van der Waals surface area contributed by atoms with E-state index < -0.39 is 26.6 Å². The van der Waals surface area contributed by atoms with Crippen LogP contribution in [0, 0.1) is 0 Å². The smallest absolute Gasteiger partial charge is 0.407 e. The molecule has 0 fully saturated rings. The highest BCUT2D eigenvalue weighted by atomic mass is 28.4. The number of alkyl carbamates (subject to hydrolysis) is 1. The van der Waals surface area contributed by atoms with E-state index in [1.165, 1.54) is 0 Å². The van der Waals surface area contributed by atoms with Crippen molar-refractivity contribution in [3.63, 3.8) is 0 Å². The number of rotatable bonds is 11. The third-order valence-corrected chi connectivity index (χ3v) is 10.4. The fraction of sp³-hybridized carbons (Fsp3) is 0.423. The molecule has 1 N–H and O–H groups in total. The van der Waals surface area contributed by atoms with E-state index in [9.17, 15) is 4.79 Å². The van der Waals surface area contributed by atoms with Crippen LogP contribution in [0.4, 0.5) is 4.79 Å². The van der Waals surface area contributed by atoms with Gasteiger partial charge in [0.15, 0.2) is 8.32 Å². The first-order valence-electron chi connectivity index (χ1n) is 11.0. The summed E-state index contributed by atoms with van der Waals surface area (Å²) in [5, 5.41) is 2.99. The highest BCUT2D eigenvalue weighted by Crippen LogP contribution is 2.36. The van der Waals surface area contributed by atoms with Gasteiger partial charge in [0.25, 0.3) is 0 Å². The molecule has 0 aliphatic heterocycles. The van der Waals surface area contributed by atoms with E-state index in [0.717, 1.165) is 11.1 Å². The van der Waals surface area contributed by atoms with Gasteiger partial charge in [0.05, 0.1) is 25.4 Å². The van der Waals surface area contributed by atoms with Gasteiger partial charge in [-0.25, -0.2) is 4.79 Å². The normalized spacial score (nSPS) is 13.8. The van der Waals surface area contributed by atoms with Gasteiger partial charge in [-0.1, -0.05) is 87.5 Å². The summed E-state index contributed by atoms with van der Waals surface area (Å²) >= 11 is 0. The van der Waals surface area contributed by atoms with Gasteiger partial charge in [-0.3, -0.25) is 0 Å². The van der Waals surface area contributed by atoms with E-state index in [-0.39, 0.29) is 11.6 Å². The van der Waals surface area contributed by atoms with E-state index >= 15 is 0 Å². The number of hydrogen-bond acceptors (Lipinski definition) is 4. The maximum Gasteiger partial charge on any atom is 0.407 e. The summed E-state index contributed by atoms with van der Waals surface area (Å²) in [6, 6.07) is 19.1. The molecule has 0 saturated heterocycles. The minimum atomic E-state index is -2.02. The minimum Gasteiger partial charge on any atom is -0.445 e. The lowest BCUT2D eigenvalue weighted by atomic mass is 10.1. The molecule has 2 aromatic carbocycles. The Labute approximate surface area is 193 Å². The van der Waals surface area contributed by atoms with E-state index in [2.05, 4.69) is 45.8 Å². The Morgan fingerprint density at radius 1 is 1.00 bits per heavy atom. The van der Waals surface area contributed by atoms with Gasteiger partial charge in [-0.2, -0.15) is 0 Å². The topological polar surface area (TPSA) is 56.8 Å². The number of carbonyl (C=O) groups is 1. The van der Waals surface area contributed by atoms with Crippen molar-refractivity contribution in [1.82, 2.24) is 5.32 Å². The molecule has 2 atom stereocenters. The number of carbonyl (C=O) groups excluding carboxylic acids is 1. The average Bonchev–Trinajstić information content (AvgIpc) is 2.77. The second-order valence-electron chi connectivity index (χ2n) is 9.38. The quantitative estimate of drug-likeness (QED) is 0.330. The first kappa shape index (κ1) is 25.8.